The highest BCUT2D eigenvalue weighted by Crippen LogP contribution is 2.00. The SMILES string of the molecule is C=C/C=C/CCCC(=O)CC(C)=O. The van der Waals surface area contributed by atoms with E-state index in [1.165, 1.54) is 6.92 Å². The van der Waals surface area contributed by atoms with Gasteiger partial charge >= 0.3 is 0 Å². The molecule has 0 heterocycles. The smallest absolute Gasteiger partial charge is 0.140 e. The minimum absolute atomic E-state index is 0.0412. The number of hydrogen-bond donors (Lipinski definition) is 0. The molecule has 0 aliphatic rings. The Labute approximate surface area is 79.3 Å². The van der Waals surface area contributed by atoms with Crippen molar-refractivity contribution >= 4 is 11.6 Å². The van der Waals surface area contributed by atoms with Gasteiger partial charge in [-0.3, -0.25) is 9.59 Å². The largest absolute Gasteiger partial charge is 0.300 e. The summed E-state index contributed by atoms with van der Waals surface area (Å²) in [6, 6.07) is 0. The summed E-state index contributed by atoms with van der Waals surface area (Å²) >= 11 is 0. The van der Waals surface area contributed by atoms with Crippen molar-refractivity contribution in [1.82, 2.24) is 0 Å². The first-order valence-electron chi connectivity index (χ1n) is 4.45. The van der Waals surface area contributed by atoms with Gasteiger partial charge < -0.3 is 0 Å². The first-order valence-corrected chi connectivity index (χ1v) is 4.45. The van der Waals surface area contributed by atoms with E-state index in [4.69, 9.17) is 0 Å². The van der Waals surface area contributed by atoms with Gasteiger partial charge in [-0.05, 0) is 19.8 Å². The molecule has 0 radical (unpaired) electrons. The molecule has 0 spiro atoms. The Morgan fingerprint density at radius 1 is 1.38 bits per heavy atom. The molecular formula is C11H16O2. The topological polar surface area (TPSA) is 34.1 Å². The second-order valence-electron chi connectivity index (χ2n) is 2.97. The average Bonchev–Trinajstić information content (AvgIpc) is 2.02. The molecule has 0 aliphatic carbocycles. The minimum atomic E-state index is -0.0494. The van der Waals surface area contributed by atoms with Crippen LogP contribution in [0, 0.1) is 0 Å². The maximum Gasteiger partial charge on any atom is 0.140 e. The van der Waals surface area contributed by atoms with Gasteiger partial charge in [0.1, 0.15) is 11.6 Å². The van der Waals surface area contributed by atoms with E-state index in [9.17, 15) is 9.59 Å². The number of rotatable bonds is 7. The number of carbonyl (C=O) groups excluding carboxylic acids is 2. The summed E-state index contributed by atoms with van der Waals surface area (Å²) in [4.78, 5) is 21.6. The molecule has 0 bridgehead atoms. The predicted molar refractivity (Wildman–Crippen MR) is 53.5 cm³/mol. The van der Waals surface area contributed by atoms with Gasteiger partial charge in [-0.15, -0.1) is 0 Å². The van der Waals surface area contributed by atoms with Crippen LogP contribution in [0.3, 0.4) is 0 Å². The molecule has 0 fully saturated rings. The van der Waals surface area contributed by atoms with Crippen LogP contribution in [0.5, 0.6) is 0 Å². The highest BCUT2D eigenvalue weighted by atomic mass is 16.1. The zero-order valence-corrected chi connectivity index (χ0v) is 8.08. The van der Waals surface area contributed by atoms with Crippen molar-refractivity contribution in [2.24, 2.45) is 0 Å². The Kier molecular flexibility index (Phi) is 6.79. The lowest BCUT2D eigenvalue weighted by atomic mass is 10.1. The molecule has 0 saturated carbocycles. The maximum atomic E-state index is 11.0. The Morgan fingerprint density at radius 2 is 2.08 bits per heavy atom. The monoisotopic (exact) mass is 180 g/mol. The summed E-state index contributed by atoms with van der Waals surface area (Å²) in [5, 5.41) is 0. The third kappa shape index (κ3) is 8.73. The fourth-order valence-corrected chi connectivity index (χ4v) is 0.976. The average molecular weight is 180 g/mol. The molecular weight excluding hydrogens is 164 g/mol. The first kappa shape index (κ1) is 11.8. The van der Waals surface area contributed by atoms with Crippen molar-refractivity contribution in [1.29, 1.82) is 0 Å². The van der Waals surface area contributed by atoms with Gasteiger partial charge in [-0.1, -0.05) is 24.8 Å². The fourth-order valence-electron chi connectivity index (χ4n) is 0.976. The summed E-state index contributed by atoms with van der Waals surface area (Å²) in [6.45, 7) is 4.97. The van der Waals surface area contributed by atoms with Crippen LogP contribution < -0.4 is 0 Å². The van der Waals surface area contributed by atoms with E-state index in [0.717, 1.165) is 12.8 Å². The lowest BCUT2D eigenvalue weighted by Crippen LogP contribution is -2.03. The van der Waals surface area contributed by atoms with E-state index in [1.807, 2.05) is 12.2 Å². The van der Waals surface area contributed by atoms with Crippen LogP contribution in [0.2, 0.25) is 0 Å². The van der Waals surface area contributed by atoms with Crippen LogP contribution in [0.1, 0.15) is 32.6 Å². The van der Waals surface area contributed by atoms with E-state index in [1.54, 1.807) is 6.08 Å². The third-order valence-electron chi connectivity index (χ3n) is 1.54. The molecule has 2 heteroatoms. The van der Waals surface area contributed by atoms with Crippen LogP contribution >= 0.6 is 0 Å². The van der Waals surface area contributed by atoms with Crippen LogP contribution in [-0.2, 0) is 9.59 Å². The highest BCUT2D eigenvalue weighted by Gasteiger charge is 2.03. The van der Waals surface area contributed by atoms with E-state index in [2.05, 4.69) is 6.58 Å². The number of ketones is 2. The van der Waals surface area contributed by atoms with Crippen molar-refractivity contribution in [3.63, 3.8) is 0 Å². The van der Waals surface area contributed by atoms with Crippen LogP contribution in [-0.4, -0.2) is 11.6 Å². The molecule has 0 N–H and O–H groups in total. The van der Waals surface area contributed by atoms with Crippen molar-refractivity contribution in [2.75, 3.05) is 0 Å². The van der Waals surface area contributed by atoms with Crippen molar-refractivity contribution < 1.29 is 9.59 Å². The number of unbranched alkanes of at least 4 members (excludes halogenated alkanes) is 1. The van der Waals surface area contributed by atoms with Gasteiger partial charge in [0.15, 0.2) is 0 Å². The summed E-state index contributed by atoms with van der Waals surface area (Å²) in [5.41, 5.74) is 0. The molecule has 0 atom stereocenters. The van der Waals surface area contributed by atoms with Crippen LogP contribution in [0.15, 0.2) is 24.8 Å². The zero-order chi connectivity index (χ0) is 10.1. The van der Waals surface area contributed by atoms with Crippen LogP contribution in [0.25, 0.3) is 0 Å². The Morgan fingerprint density at radius 3 is 2.62 bits per heavy atom. The molecule has 0 aromatic heterocycles. The maximum absolute atomic E-state index is 11.0. The quantitative estimate of drug-likeness (QED) is 0.342. The predicted octanol–water partition coefficient (Wildman–Crippen LogP) is 2.45. The second-order valence-corrected chi connectivity index (χ2v) is 2.97. The Hall–Kier alpha value is -1.18. The summed E-state index contributed by atoms with van der Waals surface area (Å²) < 4.78 is 0. The lowest BCUT2D eigenvalue weighted by Gasteiger charge is -1.95. The zero-order valence-electron chi connectivity index (χ0n) is 8.08. The van der Waals surface area contributed by atoms with Crippen molar-refractivity contribution in [2.45, 2.75) is 32.6 Å². The van der Waals surface area contributed by atoms with E-state index in [0.29, 0.717) is 6.42 Å². The summed E-state index contributed by atoms with van der Waals surface area (Å²) in [5.74, 6) is -0.00821. The fraction of sp³-hybridized carbons (Fsp3) is 0.455. The molecule has 0 aromatic carbocycles. The van der Waals surface area contributed by atoms with Gasteiger partial charge in [0, 0.05) is 6.42 Å². The summed E-state index contributed by atoms with van der Waals surface area (Å²) in [7, 11) is 0. The normalized spacial score (nSPS) is 10.2. The van der Waals surface area contributed by atoms with E-state index < -0.39 is 0 Å². The standard InChI is InChI=1S/C11H16O2/c1-3-4-5-6-7-8-11(13)9-10(2)12/h3-5H,1,6-9H2,2H3/b5-4+. The molecule has 0 amide bonds. The number of allylic oxidation sites excluding steroid dienone is 3. The number of carbonyl (C=O) groups is 2. The minimum Gasteiger partial charge on any atom is -0.300 e. The van der Waals surface area contributed by atoms with E-state index in [-0.39, 0.29) is 18.0 Å². The molecule has 0 unspecified atom stereocenters. The molecule has 72 valence electrons. The van der Waals surface area contributed by atoms with E-state index >= 15 is 0 Å². The van der Waals surface area contributed by atoms with Gasteiger partial charge in [0.05, 0.1) is 6.42 Å². The molecule has 0 rings (SSSR count). The third-order valence-corrected chi connectivity index (χ3v) is 1.54. The molecule has 0 aromatic rings. The van der Waals surface area contributed by atoms with Crippen molar-refractivity contribution in [3.8, 4) is 0 Å². The van der Waals surface area contributed by atoms with Gasteiger partial charge in [0.25, 0.3) is 0 Å². The molecule has 0 aliphatic heterocycles. The first-order chi connectivity index (χ1) is 6.16. The van der Waals surface area contributed by atoms with Crippen molar-refractivity contribution in [3.05, 3.63) is 24.8 Å². The number of hydrogen-bond acceptors (Lipinski definition) is 2. The number of Topliss-reactive ketones (excluding diaryl/α,β-unsaturated/α-hetero) is 2. The molecule has 2 nitrogen and oxygen atoms in total. The second kappa shape index (κ2) is 7.47. The summed E-state index contributed by atoms with van der Waals surface area (Å²) in [6.07, 6.45) is 7.80. The molecule has 0 saturated heterocycles. The van der Waals surface area contributed by atoms with Gasteiger partial charge in [-0.2, -0.15) is 0 Å². The highest BCUT2D eigenvalue weighted by molar-refractivity contribution is 5.97. The Balaban J connectivity index is 3.42. The Bertz CT molecular complexity index is 214. The van der Waals surface area contributed by atoms with Gasteiger partial charge in [-0.25, -0.2) is 0 Å². The molecule has 13 heavy (non-hydrogen) atoms. The lowest BCUT2D eigenvalue weighted by molar-refractivity contribution is -0.125. The van der Waals surface area contributed by atoms with Crippen LogP contribution in [0.4, 0.5) is 0 Å². The van der Waals surface area contributed by atoms with Gasteiger partial charge in [0.2, 0.25) is 0 Å².